The number of rotatable bonds is 11. The Morgan fingerprint density at radius 1 is 1.12 bits per heavy atom. The van der Waals surface area contributed by atoms with Crippen molar-refractivity contribution < 1.29 is 33.3 Å². The number of alkyl carbamates (subject to hydrolysis) is 1. The topological polar surface area (TPSA) is 106 Å². The van der Waals surface area contributed by atoms with Crippen molar-refractivity contribution in [1.29, 1.82) is 0 Å². The highest BCUT2D eigenvalue weighted by atomic mass is 19.1. The molecule has 4 rings (SSSR count). The Labute approximate surface area is 252 Å². The number of hydrogen-bond acceptors (Lipinski definition) is 6. The summed E-state index contributed by atoms with van der Waals surface area (Å²) in [5.41, 5.74) is 3.17. The van der Waals surface area contributed by atoms with Gasteiger partial charge in [0.15, 0.2) is 0 Å². The van der Waals surface area contributed by atoms with E-state index in [1.165, 1.54) is 0 Å². The molecule has 1 heterocycles. The number of ether oxygens (including phenoxy) is 3. The molecule has 1 aliphatic heterocycles. The number of amides is 1. The fourth-order valence-electron chi connectivity index (χ4n) is 5.06. The normalized spacial score (nSPS) is 15.9. The lowest BCUT2D eigenvalue weighted by atomic mass is 9.94. The molecule has 2 atom stereocenters. The minimum absolute atomic E-state index is 0.0971. The van der Waals surface area contributed by atoms with E-state index in [0.29, 0.717) is 34.6 Å². The molecule has 43 heavy (non-hydrogen) atoms. The third-order valence-electron chi connectivity index (χ3n) is 7.06. The maximum atomic E-state index is 16.1. The first-order valence-corrected chi connectivity index (χ1v) is 14.6. The summed E-state index contributed by atoms with van der Waals surface area (Å²) < 4.78 is 33.4. The second-order valence-electron chi connectivity index (χ2n) is 11.8. The number of morpholine rings is 1. The maximum absolute atomic E-state index is 16.1. The summed E-state index contributed by atoms with van der Waals surface area (Å²) in [6.07, 6.45) is 0.858. The average molecular weight is 593 g/mol. The highest BCUT2D eigenvalue weighted by molar-refractivity contribution is 5.71. The van der Waals surface area contributed by atoms with Gasteiger partial charge in [-0.25, -0.2) is 9.18 Å². The lowest BCUT2D eigenvalue weighted by Gasteiger charge is -2.24. The Hall–Kier alpha value is -3.95. The van der Waals surface area contributed by atoms with Crippen LogP contribution < -0.4 is 15.4 Å². The summed E-state index contributed by atoms with van der Waals surface area (Å²) in [6, 6.07) is 17.5. The first-order valence-electron chi connectivity index (χ1n) is 14.6. The molecule has 3 N–H and O–H groups in total. The second kappa shape index (κ2) is 14.5. The van der Waals surface area contributed by atoms with E-state index >= 15 is 4.39 Å². The number of carboxylic acids is 1. The van der Waals surface area contributed by atoms with Crippen LogP contribution in [0.4, 0.5) is 9.18 Å². The van der Waals surface area contributed by atoms with E-state index in [4.69, 9.17) is 14.2 Å². The van der Waals surface area contributed by atoms with Gasteiger partial charge in [-0.05, 0) is 69.4 Å². The van der Waals surface area contributed by atoms with Gasteiger partial charge in [0.25, 0.3) is 0 Å². The van der Waals surface area contributed by atoms with Crippen LogP contribution in [0.2, 0.25) is 0 Å². The molecule has 1 amide bonds. The number of carboxylic acid groups (broad SMARTS) is 1. The Bertz CT molecular complexity index is 1410. The van der Waals surface area contributed by atoms with Crippen LogP contribution in [-0.4, -0.2) is 48.6 Å². The molecule has 0 saturated carbocycles. The van der Waals surface area contributed by atoms with Gasteiger partial charge in [-0.3, -0.25) is 4.79 Å². The average Bonchev–Trinajstić information content (AvgIpc) is 2.95. The predicted octanol–water partition coefficient (Wildman–Crippen LogP) is 6.21. The first-order chi connectivity index (χ1) is 20.5. The molecule has 0 aliphatic carbocycles. The molecule has 0 unspecified atom stereocenters. The van der Waals surface area contributed by atoms with E-state index in [-0.39, 0.29) is 19.1 Å². The Morgan fingerprint density at radius 3 is 2.60 bits per heavy atom. The fraction of sp³-hybridized carbons (Fsp3) is 0.412. The summed E-state index contributed by atoms with van der Waals surface area (Å²) in [4.78, 5) is 23.7. The molecule has 1 fully saturated rings. The van der Waals surface area contributed by atoms with Crippen molar-refractivity contribution >= 4 is 12.1 Å². The molecular weight excluding hydrogens is 551 g/mol. The number of aliphatic carboxylic acids is 1. The van der Waals surface area contributed by atoms with Crippen LogP contribution in [0.3, 0.4) is 0 Å². The van der Waals surface area contributed by atoms with Gasteiger partial charge in [-0.1, -0.05) is 48.5 Å². The summed E-state index contributed by atoms with van der Waals surface area (Å²) in [5, 5.41) is 15.4. The van der Waals surface area contributed by atoms with Gasteiger partial charge in [0, 0.05) is 29.8 Å². The first kappa shape index (κ1) is 32.0. The van der Waals surface area contributed by atoms with Gasteiger partial charge in [0.1, 0.15) is 23.8 Å². The molecular formula is C34H41FN2O6. The zero-order valence-corrected chi connectivity index (χ0v) is 25.2. The van der Waals surface area contributed by atoms with Gasteiger partial charge in [-0.2, -0.15) is 0 Å². The summed E-state index contributed by atoms with van der Waals surface area (Å²) in [6.45, 7) is 9.51. The van der Waals surface area contributed by atoms with Crippen LogP contribution in [0, 0.1) is 5.82 Å². The smallest absolute Gasteiger partial charge is 0.408 e. The van der Waals surface area contributed by atoms with Crippen LogP contribution in [0.25, 0.3) is 11.1 Å². The van der Waals surface area contributed by atoms with Crippen LogP contribution >= 0.6 is 0 Å². The van der Waals surface area contributed by atoms with E-state index in [1.807, 2.05) is 18.2 Å². The summed E-state index contributed by atoms with van der Waals surface area (Å²) in [7, 11) is 0. The van der Waals surface area contributed by atoms with Crippen molar-refractivity contribution in [3.63, 3.8) is 0 Å². The molecule has 9 heteroatoms. The number of hydrogen-bond donors (Lipinski definition) is 3. The number of carbonyl (C=O) groups is 2. The third kappa shape index (κ3) is 9.53. The molecule has 0 radical (unpaired) electrons. The monoisotopic (exact) mass is 592 g/mol. The molecule has 3 aromatic rings. The van der Waals surface area contributed by atoms with E-state index < -0.39 is 29.5 Å². The Morgan fingerprint density at radius 2 is 1.88 bits per heavy atom. The van der Waals surface area contributed by atoms with Crippen molar-refractivity contribution in [2.24, 2.45) is 0 Å². The minimum Gasteiger partial charge on any atom is -0.489 e. The van der Waals surface area contributed by atoms with Crippen molar-refractivity contribution in [3.05, 3.63) is 88.7 Å². The van der Waals surface area contributed by atoms with Crippen molar-refractivity contribution in [2.45, 2.75) is 71.3 Å². The van der Waals surface area contributed by atoms with E-state index in [2.05, 4.69) is 10.6 Å². The van der Waals surface area contributed by atoms with Gasteiger partial charge in [0.05, 0.1) is 25.2 Å². The number of halogens is 1. The highest BCUT2D eigenvalue weighted by Crippen LogP contribution is 2.31. The van der Waals surface area contributed by atoms with E-state index in [1.54, 1.807) is 70.2 Å². The summed E-state index contributed by atoms with van der Waals surface area (Å²) >= 11 is 0. The quantitative estimate of drug-likeness (QED) is 0.243. The molecule has 8 nitrogen and oxygen atoms in total. The molecule has 3 aromatic carbocycles. The SMILES string of the molecule is C[C@@H](NC(=O)OC(C)(C)C)c1cccc(-c2cc(CC[C@@H]3CNCCO3)cc(COc3ccccc3CC(=O)O)c2)c1F. The molecule has 0 spiro atoms. The number of para-hydroxylation sites is 1. The number of nitrogens with one attached hydrogen (secondary N) is 2. The van der Waals surface area contributed by atoms with Gasteiger partial charge in [0.2, 0.25) is 0 Å². The number of aryl methyl sites for hydroxylation is 1. The highest BCUT2D eigenvalue weighted by Gasteiger charge is 2.22. The summed E-state index contributed by atoms with van der Waals surface area (Å²) in [5.74, 6) is -0.874. The number of benzene rings is 3. The zero-order chi connectivity index (χ0) is 31.0. The van der Waals surface area contributed by atoms with Gasteiger partial charge < -0.3 is 30.0 Å². The van der Waals surface area contributed by atoms with Crippen LogP contribution in [0.5, 0.6) is 5.75 Å². The minimum atomic E-state index is -0.939. The standard InChI is InChI=1S/C34H41FN2O6/c1-22(37-33(40)43-34(2,3)4)28-9-7-10-29(32(28)35)26-17-23(12-13-27-20-36-14-15-41-27)16-24(18-26)21-42-30-11-6-5-8-25(30)19-31(38)39/h5-11,16-18,22,27,36H,12-15,19-21H2,1-4H3,(H,37,40)(H,38,39)/t22-,27-/m1/s1. The lowest BCUT2D eigenvalue weighted by molar-refractivity contribution is -0.136. The zero-order valence-electron chi connectivity index (χ0n) is 25.2. The predicted molar refractivity (Wildman–Crippen MR) is 163 cm³/mol. The largest absolute Gasteiger partial charge is 0.489 e. The van der Waals surface area contributed by atoms with Crippen molar-refractivity contribution in [3.8, 4) is 16.9 Å². The Kier molecular flexibility index (Phi) is 10.8. The molecule has 1 aliphatic rings. The van der Waals surface area contributed by atoms with E-state index in [0.717, 1.165) is 37.1 Å². The van der Waals surface area contributed by atoms with Crippen LogP contribution in [-0.2, 0) is 33.7 Å². The van der Waals surface area contributed by atoms with Crippen LogP contribution in [0.1, 0.15) is 62.4 Å². The maximum Gasteiger partial charge on any atom is 0.408 e. The molecule has 0 aromatic heterocycles. The fourth-order valence-corrected chi connectivity index (χ4v) is 5.06. The van der Waals surface area contributed by atoms with E-state index in [9.17, 15) is 14.7 Å². The van der Waals surface area contributed by atoms with Gasteiger partial charge in [-0.15, -0.1) is 0 Å². The number of carbonyl (C=O) groups excluding carboxylic acids is 1. The molecule has 0 bridgehead atoms. The lowest BCUT2D eigenvalue weighted by Crippen LogP contribution is -2.38. The second-order valence-corrected chi connectivity index (χ2v) is 11.8. The molecule has 230 valence electrons. The third-order valence-corrected chi connectivity index (χ3v) is 7.06. The van der Waals surface area contributed by atoms with Crippen molar-refractivity contribution in [2.75, 3.05) is 19.7 Å². The van der Waals surface area contributed by atoms with Crippen LogP contribution in [0.15, 0.2) is 60.7 Å². The Balaban J connectivity index is 1.61. The van der Waals surface area contributed by atoms with Crippen molar-refractivity contribution in [1.82, 2.24) is 10.6 Å². The molecule has 1 saturated heterocycles. The van der Waals surface area contributed by atoms with Gasteiger partial charge >= 0.3 is 12.1 Å².